The van der Waals surface area contributed by atoms with Gasteiger partial charge in [0.25, 0.3) is 0 Å². The summed E-state index contributed by atoms with van der Waals surface area (Å²) in [6, 6.07) is 24.2. The molecule has 2 amide bonds. The molecule has 188 valence electrons. The van der Waals surface area contributed by atoms with Crippen LogP contribution in [0.4, 0.5) is 5.69 Å². The first-order valence-electron chi connectivity index (χ1n) is 11.4. The number of benzene rings is 3. The van der Waals surface area contributed by atoms with Crippen molar-refractivity contribution >= 4 is 40.9 Å². The Morgan fingerprint density at radius 1 is 1.14 bits per heavy atom. The van der Waals surface area contributed by atoms with Crippen molar-refractivity contribution in [2.24, 2.45) is 0 Å². The number of methoxy groups -OCH3 is 1. The third-order valence-electron chi connectivity index (χ3n) is 5.64. The minimum absolute atomic E-state index is 0.00954. The predicted octanol–water partition coefficient (Wildman–Crippen LogP) is 5.64. The van der Waals surface area contributed by atoms with Crippen LogP contribution in [-0.2, 0) is 16.2 Å². The maximum Gasteiger partial charge on any atom is 0.234 e. The van der Waals surface area contributed by atoms with Crippen molar-refractivity contribution in [2.75, 3.05) is 18.2 Å². The molecule has 0 radical (unpaired) electrons. The summed E-state index contributed by atoms with van der Waals surface area (Å²) >= 11 is 7.07. The molecule has 3 aromatic carbocycles. The zero-order chi connectivity index (χ0) is 26.2. The summed E-state index contributed by atoms with van der Waals surface area (Å²) in [4.78, 5) is 25.0. The quantitative estimate of drug-likeness (QED) is 0.369. The lowest BCUT2D eigenvalue weighted by molar-refractivity contribution is -0.121. The number of halogens is 1. The Labute approximate surface area is 224 Å². The number of hydrogen-bond donors (Lipinski definition) is 2. The van der Waals surface area contributed by atoms with Crippen LogP contribution in [0, 0.1) is 11.3 Å². The molecule has 1 aliphatic heterocycles. The molecule has 1 aliphatic rings. The number of rotatable bonds is 9. The first-order valence-corrected chi connectivity index (χ1v) is 12.8. The Morgan fingerprint density at radius 2 is 1.95 bits per heavy atom. The van der Waals surface area contributed by atoms with E-state index in [-0.39, 0.29) is 24.0 Å². The van der Waals surface area contributed by atoms with Gasteiger partial charge in [-0.3, -0.25) is 9.59 Å². The zero-order valence-corrected chi connectivity index (χ0v) is 21.6. The molecular weight excluding hydrogens is 510 g/mol. The van der Waals surface area contributed by atoms with E-state index in [4.69, 9.17) is 21.1 Å². The second-order valence-corrected chi connectivity index (χ2v) is 9.61. The number of nitrogens with zero attached hydrogens (tertiary/aromatic N) is 1. The molecule has 37 heavy (non-hydrogen) atoms. The lowest BCUT2D eigenvalue weighted by Crippen LogP contribution is -2.31. The van der Waals surface area contributed by atoms with Crippen molar-refractivity contribution in [1.29, 1.82) is 5.26 Å². The Hall–Kier alpha value is -3.93. The van der Waals surface area contributed by atoms with Crippen LogP contribution < -0.4 is 20.1 Å². The van der Waals surface area contributed by atoms with E-state index in [1.54, 1.807) is 43.5 Å². The van der Waals surface area contributed by atoms with Gasteiger partial charge in [0.2, 0.25) is 11.8 Å². The number of amides is 2. The van der Waals surface area contributed by atoms with Crippen molar-refractivity contribution in [1.82, 2.24) is 5.32 Å². The molecule has 0 spiro atoms. The van der Waals surface area contributed by atoms with Gasteiger partial charge >= 0.3 is 0 Å². The highest BCUT2D eigenvalue weighted by molar-refractivity contribution is 8.03. The minimum atomic E-state index is -0.477. The lowest BCUT2D eigenvalue weighted by atomic mass is 9.87. The molecule has 0 bridgehead atoms. The third-order valence-corrected chi connectivity index (χ3v) is 6.89. The number of ether oxygens (including phenoxy) is 2. The minimum Gasteiger partial charge on any atom is -0.493 e. The summed E-state index contributed by atoms with van der Waals surface area (Å²) in [5.41, 5.74) is 2.73. The molecule has 0 aromatic heterocycles. The van der Waals surface area contributed by atoms with E-state index < -0.39 is 5.92 Å². The molecular formula is C28H24ClN3O4S. The van der Waals surface area contributed by atoms with E-state index in [9.17, 15) is 14.9 Å². The monoisotopic (exact) mass is 533 g/mol. The number of carbonyl (C=O) groups excluding carboxylic acids is 2. The maximum absolute atomic E-state index is 12.5. The van der Waals surface area contributed by atoms with E-state index in [0.29, 0.717) is 39.4 Å². The van der Waals surface area contributed by atoms with Crippen LogP contribution in [0.2, 0.25) is 5.02 Å². The van der Waals surface area contributed by atoms with E-state index in [1.807, 2.05) is 36.4 Å². The van der Waals surface area contributed by atoms with Gasteiger partial charge in [0.1, 0.15) is 6.61 Å². The molecule has 3 aromatic rings. The van der Waals surface area contributed by atoms with Crippen LogP contribution in [0.15, 0.2) is 83.4 Å². The normalized spacial score (nSPS) is 14.9. The molecule has 1 heterocycles. The van der Waals surface area contributed by atoms with E-state index in [2.05, 4.69) is 16.7 Å². The largest absolute Gasteiger partial charge is 0.493 e. The summed E-state index contributed by atoms with van der Waals surface area (Å²) in [6.07, 6.45) is 0.106. The van der Waals surface area contributed by atoms with Crippen molar-refractivity contribution in [3.63, 3.8) is 0 Å². The van der Waals surface area contributed by atoms with Crippen molar-refractivity contribution in [3.05, 3.63) is 99.5 Å². The van der Waals surface area contributed by atoms with Crippen LogP contribution in [0.25, 0.3) is 0 Å². The first-order chi connectivity index (χ1) is 18.0. The number of allylic oxidation sites excluding steroid dienone is 1. The van der Waals surface area contributed by atoms with Gasteiger partial charge in [-0.25, -0.2) is 0 Å². The lowest BCUT2D eigenvalue weighted by Gasteiger charge is -2.25. The fraction of sp³-hybridized carbons (Fsp3) is 0.179. The van der Waals surface area contributed by atoms with Crippen molar-refractivity contribution < 1.29 is 19.1 Å². The Morgan fingerprint density at radius 3 is 2.68 bits per heavy atom. The molecule has 2 N–H and O–H groups in total. The average molecular weight is 534 g/mol. The molecule has 0 fully saturated rings. The Balaban J connectivity index is 1.50. The molecule has 1 atom stereocenters. The molecule has 9 heteroatoms. The van der Waals surface area contributed by atoms with Gasteiger partial charge < -0.3 is 20.1 Å². The highest BCUT2D eigenvalue weighted by atomic mass is 35.5. The summed E-state index contributed by atoms with van der Waals surface area (Å²) in [6.45, 7) is 0.379. The van der Waals surface area contributed by atoms with Crippen LogP contribution in [0.3, 0.4) is 0 Å². The van der Waals surface area contributed by atoms with Crippen LogP contribution >= 0.6 is 23.4 Å². The smallest absolute Gasteiger partial charge is 0.234 e. The molecule has 0 saturated heterocycles. The van der Waals surface area contributed by atoms with Gasteiger partial charge in [-0.05, 0) is 41.5 Å². The summed E-state index contributed by atoms with van der Waals surface area (Å²) in [7, 11) is 1.54. The van der Waals surface area contributed by atoms with Crippen molar-refractivity contribution in [3.8, 4) is 17.6 Å². The summed E-state index contributed by atoms with van der Waals surface area (Å²) in [5.74, 6) is 0.0849. The number of thioether (sulfide) groups is 1. The molecule has 7 nitrogen and oxygen atoms in total. The third kappa shape index (κ3) is 6.85. The second-order valence-electron chi connectivity index (χ2n) is 8.19. The molecule has 4 rings (SSSR count). The zero-order valence-electron chi connectivity index (χ0n) is 20.0. The average Bonchev–Trinajstić information content (AvgIpc) is 2.91. The van der Waals surface area contributed by atoms with E-state index >= 15 is 0 Å². The fourth-order valence-corrected chi connectivity index (χ4v) is 4.94. The maximum atomic E-state index is 12.5. The number of nitrogens with one attached hydrogen (secondary N) is 2. The van der Waals surface area contributed by atoms with Gasteiger partial charge in [0.15, 0.2) is 11.5 Å². The van der Waals surface area contributed by atoms with Crippen LogP contribution in [0.5, 0.6) is 11.5 Å². The van der Waals surface area contributed by atoms with Gasteiger partial charge in [-0.15, -0.1) is 0 Å². The van der Waals surface area contributed by atoms with Gasteiger partial charge in [-0.1, -0.05) is 65.8 Å². The predicted molar refractivity (Wildman–Crippen MR) is 144 cm³/mol. The van der Waals surface area contributed by atoms with E-state index in [0.717, 1.165) is 22.9 Å². The number of carbonyl (C=O) groups is 2. The Kier molecular flexibility index (Phi) is 8.72. The first kappa shape index (κ1) is 26.1. The Bertz CT molecular complexity index is 1370. The van der Waals surface area contributed by atoms with Gasteiger partial charge in [0, 0.05) is 23.0 Å². The standard InChI is InChI=1S/C28H24ClN3O4S/c1-35-25-12-19(10-11-24(25)36-16-18-6-3-2-4-7-18)22-14-26(33)32-28(23(22)15-30)37-17-27(34)31-21-9-5-8-20(29)13-21/h2-13,22H,14,16-17H2,1H3,(H,31,34)(H,32,33)/t22-/m1/s1. The van der Waals surface area contributed by atoms with Gasteiger partial charge in [-0.2, -0.15) is 5.26 Å². The molecule has 0 unspecified atom stereocenters. The highest BCUT2D eigenvalue weighted by Gasteiger charge is 2.30. The van der Waals surface area contributed by atoms with E-state index in [1.165, 1.54) is 0 Å². The highest BCUT2D eigenvalue weighted by Crippen LogP contribution is 2.39. The SMILES string of the molecule is COc1cc([C@H]2CC(=O)NC(SCC(=O)Nc3cccc(Cl)c3)=C2C#N)ccc1OCc1ccccc1. The number of nitriles is 1. The summed E-state index contributed by atoms with van der Waals surface area (Å²) in [5, 5.41) is 16.3. The second kappa shape index (κ2) is 12.3. The molecule has 0 saturated carbocycles. The molecule has 0 aliphatic carbocycles. The fourth-order valence-electron chi connectivity index (χ4n) is 3.87. The van der Waals surface area contributed by atoms with Crippen molar-refractivity contribution in [2.45, 2.75) is 18.9 Å². The number of anilines is 1. The summed E-state index contributed by atoms with van der Waals surface area (Å²) < 4.78 is 11.5. The topological polar surface area (TPSA) is 100 Å². The van der Waals surface area contributed by atoms with Gasteiger partial charge in [0.05, 0.1) is 29.5 Å². The van der Waals surface area contributed by atoms with Crippen LogP contribution in [0.1, 0.15) is 23.5 Å². The van der Waals surface area contributed by atoms with Crippen LogP contribution in [-0.4, -0.2) is 24.7 Å². The number of hydrogen-bond acceptors (Lipinski definition) is 6.